The third kappa shape index (κ3) is 36.2. The fourth-order valence-electron chi connectivity index (χ4n) is 4.17. The Morgan fingerprint density at radius 3 is 1.00 bits per heavy atom. The van der Waals surface area contributed by atoms with Gasteiger partial charge in [0, 0.05) is 0 Å². The Kier molecular flexibility index (Phi) is 35.1. The molecule has 0 rings (SSSR count). The van der Waals surface area contributed by atoms with E-state index in [1.54, 1.807) is 0 Å². The molecule has 5 nitrogen and oxygen atoms in total. The molecule has 0 spiro atoms. The van der Waals surface area contributed by atoms with Crippen LogP contribution in [0.15, 0.2) is 0 Å². The van der Waals surface area contributed by atoms with Crippen molar-refractivity contribution >= 4 is 7.82 Å². The second kappa shape index (κ2) is 33.1. The first kappa shape index (κ1) is 38.2. The summed E-state index contributed by atoms with van der Waals surface area (Å²) < 4.78 is 21.7. The van der Waals surface area contributed by atoms with Crippen LogP contribution in [0.3, 0.4) is 0 Å². The van der Waals surface area contributed by atoms with Gasteiger partial charge in [-0.15, -0.1) is 0 Å². The smallest absolute Gasteiger partial charge is 0.267 e. The van der Waals surface area contributed by atoms with Crippen LogP contribution in [0.4, 0.5) is 0 Å². The van der Waals surface area contributed by atoms with E-state index in [0.29, 0.717) is 0 Å². The van der Waals surface area contributed by atoms with Crippen molar-refractivity contribution in [3.05, 3.63) is 0 Å². The van der Waals surface area contributed by atoms with Gasteiger partial charge >= 0.3 is 0 Å². The van der Waals surface area contributed by atoms with Crippen molar-refractivity contribution in [2.75, 3.05) is 19.8 Å². The molecule has 0 amide bonds. The first-order chi connectivity index (χ1) is 17.5. The van der Waals surface area contributed by atoms with Gasteiger partial charge in [-0.05, 0) is 25.7 Å². The maximum absolute atomic E-state index is 11.7. The Balaban J connectivity index is 0. The molecule has 0 aliphatic rings. The summed E-state index contributed by atoms with van der Waals surface area (Å²) in [4.78, 5) is 11.7. The molecule has 3 N–H and O–H groups in total. The van der Waals surface area contributed by atoms with Crippen LogP contribution in [0, 0.1) is 0 Å². The summed E-state index contributed by atoms with van der Waals surface area (Å²) in [6.45, 7) is 8.34. The van der Waals surface area contributed by atoms with Crippen molar-refractivity contribution in [3.8, 4) is 0 Å². The number of unbranched alkanes of at least 4 members (excludes halogenated alkanes) is 21. The molecule has 0 fully saturated rings. The van der Waals surface area contributed by atoms with Crippen molar-refractivity contribution in [3.63, 3.8) is 0 Å². The molecular weight excluding hydrogens is 469 g/mol. The number of phosphoric ester groups is 1. The number of hydrogen-bond acceptors (Lipinski definition) is 4. The molecule has 6 heteroatoms. The molecule has 0 bridgehead atoms. The Bertz CT molecular complexity index is 403. The lowest BCUT2D eigenvalue weighted by atomic mass is 10.1. The highest BCUT2D eigenvalue weighted by atomic mass is 31.2. The van der Waals surface area contributed by atoms with Gasteiger partial charge in [-0.25, -0.2) is 0 Å². The predicted molar refractivity (Wildman–Crippen MR) is 155 cm³/mol. The van der Waals surface area contributed by atoms with Crippen LogP contribution in [0.1, 0.15) is 175 Å². The Labute approximate surface area is 226 Å². The van der Waals surface area contributed by atoms with E-state index in [4.69, 9.17) is 9.05 Å². The van der Waals surface area contributed by atoms with E-state index in [2.05, 4.69) is 26.5 Å². The van der Waals surface area contributed by atoms with Gasteiger partial charge in [-0.3, -0.25) is 4.57 Å². The molecule has 0 aromatic heterocycles. The summed E-state index contributed by atoms with van der Waals surface area (Å²) in [7, 11) is -4.10. The highest BCUT2D eigenvalue weighted by Gasteiger charge is 2.08. The molecule has 36 heavy (non-hydrogen) atoms. The zero-order valence-electron chi connectivity index (χ0n) is 24.9. The lowest BCUT2D eigenvalue weighted by molar-refractivity contribution is -0.368. The lowest BCUT2D eigenvalue weighted by Gasteiger charge is -2.22. The normalized spacial score (nSPS) is 11.5. The van der Waals surface area contributed by atoms with E-state index in [0.717, 1.165) is 32.2 Å². The Morgan fingerprint density at radius 2 is 0.722 bits per heavy atom. The fraction of sp³-hybridized carbons (Fsp3) is 1.00. The maximum Gasteiger partial charge on any atom is 0.267 e. The monoisotopic (exact) mass is 535 g/mol. The zero-order valence-corrected chi connectivity index (χ0v) is 25.8. The zero-order chi connectivity index (χ0) is 27.0. The number of rotatable bonds is 28. The van der Waals surface area contributed by atoms with Gasteiger partial charge in [0.15, 0.2) is 0 Å². The third-order valence-corrected chi connectivity index (χ3v) is 7.60. The SMILES string of the molecule is CCCCCCCCCCCCOP(=O)([O-])OCCCCCCCCCCCC.CCCCCC[NH3+]. The number of phosphoric acid groups is 1. The van der Waals surface area contributed by atoms with E-state index in [9.17, 15) is 9.46 Å². The molecule has 0 aromatic rings. The van der Waals surface area contributed by atoms with Gasteiger partial charge in [0.25, 0.3) is 7.82 Å². The standard InChI is InChI=1S/C24H51O4P.C6H15N/c1-3-5-7-9-11-13-15-17-19-21-23-27-29(25,26)28-24-22-20-18-16-14-12-10-8-6-4-2;1-2-3-4-5-6-7/h3-24H2,1-2H3,(H,25,26);2-7H2,1H3. The quantitative estimate of drug-likeness (QED) is 0.0799. The van der Waals surface area contributed by atoms with Crippen molar-refractivity contribution in [1.29, 1.82) is 0 Å². The average Bonchev–Trinajstić information content (AvgIpc) is 2.86. The number of hydrogen-bond donors (Lipinski definition) is 1. The van der Waals surface area contributed by atoms with E-state index >= 15 is 0 Å². The molecule has 220 valence electrons. The van der Waals surface area contributed by atoms with E-state index < -0.39 is 7.82 Å². The van der Waals surface area contributed by atoms with Gasteiger partial charge < -0.3 is 19.7 Å². The van der Waals surface area contributed by atoms with Crippen molar-refractivity contribution in [2.24, 2.45) is 0 Å². The second-order valence-corrected chi connectivity index (χ2v) is 11.8. The number of quaternary nitrogens is 1. The van der Waals surface area contributed by atoms with Crippen LogP contribution in [-0.4, -0.2) is 19.8 Å². The van der Waals surface area contributed by atoms with Crippen LogP contribution in [-0.2, 0) is 13.6 Å². The second-order valence-electron chi connectivity index (χ2n) is 10.4. The largest absolute Gasteiger partial charge is 0.756 e. The van der Waals surface area contributed by atoms with Crippen LogP contribution in [0.5, 0.6) is 0 Å². The lowest BCUT2D eigenvalue weighted by Crippen LogP contribution is -2.50. The van der Waals surface area contributed by atoms with Gasteiger partial charge in [-0.2, -0.15) is 0 Å². The van der Waals surface area contributed by atoms with Crippen molar-refractivity contribution in [2.45, 2.75) is 175 Å². The van der Waals surface area contributed by atoms with Gasteiger partial charge in [-0.1, -0.05) is 149 Å². The minimum atomic E-state index is -4.10. The summed E-state index contributed by atoms with van der Waals surface area (Å²) in [5.41, 5.74) is 3.76. The van der Waals surface area contributed by atoms with Crippen molar-refractivity contribution < 1.29 is 24.2 Å². The van der Waals surface area contributed by atoms with E-state index in [1.165, 1.54) is 128 Å². The molecular formula is C30H66NO4P. The summed E-state index contributed by atoms with van der Waals surface area (Å²) in [5, 5.41) is 0. The summed E-state index contributed by atoms with van der Waals surface area (Å²) in [6.07, 6.45) is 29.9. The highest BCUT2D eigenvalue weighted by Crippen LogP contribution is 2.38. The molecule has 0 radical (unpaired) electrons. The topological polar surface area (TPSA) is 86.2 Å². The molecule has 0 aliphatic carbocycles. The van der Waals surface area contributed by atoms with Crippen LogP contribution >= 0.6 is 7.82 Å². The molecule has 0 saturated heterocycles. The van der Waals surface area contributed by atoms with Gasteiger partial charge in [0.1, 0.15) is 0 Å². The fourth-order valence-corrected chi connectivity index (χ4v) is 4.95. The maximum atomic E-state index is 11.7. The van der Waals surface area contributed by atoms with Crippen LogP contribution in [0.25, 0.3) is 0 Å². The van der Waals surface area contributed by atoms with Gasteiger partial charge in [0.2, 0.25) is 0 Å². The highest BCUT2D eigenvalue weighted by molar-refractivity contribution is 7.45. The molecule has 0 aliphatic heterocycles. The minimum Gasteiger partial charge on any atom is -0.756 e. The first-order valence-electron chi connectivity index (χ1n) is 15.9. The van der Waals surface area contributed by atoms with E-state index in [-0.39, 0.29) is 13.2 Å². The predicted octanol–water partition coefficient (Wildman–Crippen LogP) is 9.14. The van der Waals surface area contributed by atoms with Crippen LogP contribution in [0.2, 0.25) is 0 Å². The van der Waals surface area contributed by atoms with Crippen molar-refractivity contribution in [1.82, 2.24) is 0 Å². The average molecular weight is 536 g/mol. The minimum absolute atomic E-state index is 0.259. The molecule has 0 heterocycles. The molecule has 0 aromatic carbocycles. The molecule has 0 saturated carbocycles. The summed E-state index contributed by atoms with van der Waals surface area (Å²) in [5.74, 6) is 0. The Hall–Kier alpha value is 0.0700. The van der Waals surface area contributed by atoms with Gasteiger partial charge in [0.05, 0.1) is 19.8 Å². The van der Waals surface area contributed by atoms with Crippen LogP contribution < -0.4 is 10.6 Å². The molecule has 0 unspecified atom stereocenters. The first-order valence-corrected chi connectivity index (χ1v) is 17.4. The Morgan fingerprint density at radius 1 is 0.472 bits per heavy atom. The molecule has 0 atom stereocenters. The van der Waals surface area contributed by atoms with E-state index in [1.807, 2.05) is 0 Å². The third-order valence-electron chi connectivity index (χ3n) is 6.60. The summed E-state index contributed by atoms with van der Waals surface area (Å²) >= 11 is 0. The summed E-state index contributed by atoms with van der Waals surface area (Å²) in [6, 6.07) is 0.